The Labute approximate surface area is 227 Å². The van der Waals surface area contributed by atoms with Crippen molar-refractivity contribution in [3.63, 3.8) is 0 Å². The Kier molecular flexibility index (Phi) is 10.2. The summed E-state index contributed by atoms with van der Waals surface area (Å²) >= 11 is 12.1. The zero-order chi connectivity index (χ0) is 27.7. The van der Waals surface area contributed by atoms with Crippen LogP contribution in [0.5, 0.6) is 5.75 Å². The van der Waals surface area contributed by atoms with E-state index >= 15 is 0 Å². The Bertz CT molecular complexity index is 1240. The van der Waals surface area contributed by atoms with E-state index in [0.29, 0.717) is 5.56 Å². The van der Waals surface area contributed by atoms with Crippen LogP contribution < -0.4 is 15.4 Å². The van der Waals surface area contributed by atoms with E-state index in [0.717, 1.165) is 5.56 Å². The molecule has 3 aromatic rings. The van der Waals surface area contributed by atoms with Crippen LogP contribution in [-0.2, 0) is 27.2 Å². The van der Waals surface area contributed by atoms with Crippen LogP contribution in [0, 0.1) is 0 Å². The Balaban J connectivity index is 1.83. The van der Waals surface area contributed by atoms with Crippen molar-refractivity contribution in [1.82, 2.24) is 10.6 Å². The number of hydrogen-bond donors (Lipinski definition) is 2. The Morgan fingerprint density at radius 3 is 1.84 bits per heavy atom. The highest BCUT2D eigenvalue weighted by Crippen LogP contribution is 2.25. The van der Waals surface area contributed by atoms with Crippen molar-refractivity contribution in [3.8, 4) is 5.75 Å². The molecule has 6 nitrogen and oxygen atoms in total. The molecule has 0 saturated heterocycles. The van der Waals surface area contributed by atoms with Gasteiger partial charge in [0.2, 0.25) is 5.91 Å². The summed E-state index contributed by atoms with van der Waals surface area (Å²) < 4.78 is 43.8. The summed E-state index contributed by atoms with van der Waals surface area (Å²) in [6.07, 6.45) is -6.20. The largest absolute Gasteiger partial charge is 0.480 e. The van der Waals surface area contributed by atoms with Gasteiger partial charge in [0.05, 0.1) is 6.54 Å². The molecular formula is C27H23Cl2F3N2O4. The highest BCUT2D eigenvalue weighted by molar-refractivity contribution is 6.34. The van der Waals surface area contributed by atoms with E-state index in [2.05, 4.69) is 5.32 Å². The lowest BCUT2D eigenvalue weighted by molar-refractivity contribution is -0.170. The molecule has 200 valence electrons. The van der Waals surface area contributed by atoms with Crippen molar-refractivity contribution in [2.45, 2.75) is 31.2 Å². The van der Waals surface area contributed by atoms with Gasteiger partial charge in [-0.2, -0.15) is 13.2 Å². The fourth-order valence-corrected chi connectivity index (χ4v) is 4.00. The fourth-order valence-electron chi connectivity index (χ4n) is 3.49. The number of carbonyl (C=O) groups is 3. The van der Waals surface area contributed by atoms with Gasteiger partial charge < -0.3 is 15.4 Å². The second-order valence-corrected chi connectivity index (χ2v) is 9.16. The number of halogens is 5. The Morgan fingerprint density at radius 2 is 1.32 bits per heavy atom. The van der Waals surface area contributed by atoms with Crippen LogP contribution in [0.15, 0.2) is 78.9 Å². The number of benzene rings is 3. The third kappa shape index (κ3) is 9.08. The number of ether oxygens (including phenoxy) is 1. The average Bonchev–Trinajstić information content (AvgIpc) is 2.86. The van der Waals surface area contributed by atoms with Crippen molar-refractivity contribution in [2.24, 2.45) is 0 Å². The third-order valence-corrected chi connectivity index (χ3v) is 5.76. The highest BCUT2D eigenvalue weighted by Gasteiger charge is 2.38. The van der Waals surface area contributed by atoms with Gasteiger partial charge in [-0.3, -0.25) is 14.4 Å². The normalized spacial score (nSPS) is 12.8. The van der Waals surface area contributed by atoms with Gasteiger partial charge in [-0.15, -0.1) is 0 Å². The summed E-state index contributed by atoms with van der Waals surface area (Å²) in [4.78, 5) is 37.5. The lowest BCUT2D eigenvalue weighted by atomic mass is 10.0. The topological polar surface area (TPSA) is 84.5 Å². The van der Waals surface area contributed by atoms with E-state index in [1.807, 2.05) is 5.32 Å². The minimum absolute atomic E-state index is 0.0420. The number of carbonyl (C=O) groups excluding carboxylic acids is 3. The molecule has 0 fully saturated rings. The minimum Gasteiger partial charge on any atom is -0.480 e. The molecule has 3 rings (SSSR count). The molecule has 38 heavy (non-hydrogen) atoms. The van der Waals surface area contributed by atoms with Gasteiger partial charge in [0.1, 0.15) is 11.8 Å². The summed E-state index contributed by atoms with van der Waals surface area (Å²) in [5.41, 5.74) is 1.39. The van der Waals surface area contributed by atoms with Crippen molar-refractivity contribution in [3.05, 3.63) is 100 Å². The average molecular weight is 567 g/mol. The number of alkyl halides is 3. The zero-order valence-corrected chi connectivity index (χ0v) is 21.3. The smallest absolute Gasteiger partial charge is 0.451 e. The molecule has 0 heterocycles. The number of hydrogen-bond acceptors (Lipinski definition) is 4. The van der Waals surface area contributed by atoms with Crippen molar-refractivity contribution < 1.29 is 32.3 Å². The number of Topliss-reactive ketones (excluding diaryl/α,β-unsaturated/α-hetero) is 1. The first-order chi connectivity index (χ1) is 18.0. The van der Waals surface area contributed by atoms with E-state index in [-0.39, 0.29) is 28.6 Å². The Morgan fingerprint density at radius 1 is 0.789 bits per heavy atom. The zero-order valence-electron chi connectivity index (χ0n) is 19.8. The van der Waals surface area contributed by atoms with Crippen LogP contribution in [0.2, 0.25) is 10.0 Å². The molecule has 3 aromatic carbocycles. The van der Waals surface area contributed by atoms with Gasteiger partial charge >= 0.3 is 6.18 Å². The molecule has 11 heteroatoms. The maximum Gasteiger partial charge on any atom is 0.451 e. The second kappa shape index (κ2) is 13.3. The molecule has 0 spiro atoms. The van der Waals surface area contributed by atoms with Crippen LogP contribution in [0.25, 0.3) is 0 Å². The highest BCUT2D eigenvalue weighted by atomic mass is 35.5. The van der Waals surface area contributed by atoms with E-state index in [1.165, 1.54) is 18.2 Å². The molecule has 0 aliphatic carbocycles. The molecular weight excluding hydrogens is 544 g/mol. The molecule has 0 aliphatic heterocycles. The molecule has 0 aromatic heterocycles. The minimum atomic E-state index is -5.10. The number of nitrogens with one attached hydrogen (secondary N) is 2. The summed E-state index contributed by atoms with van der Waals surface area (Å²) in [5.74, 6) is -3.57. The number of amides is 2. The number of ketones is 1. The van der Waals surface area contributed by atoms with E-state index in [4.69, 9.17) is 27.9 Å². The Hall–Kier alpha value is -3.56. The van der Waals surface area contributed by atoms with Crippen molar-refractivity contribution in [2.75, 3.05) is 6.54 Å². The van der Waals surface area contributed by atoms with Crippen LogP contribution >= 0.6 is 23.2 Å². The van der Waals surface area contributed by atoms with E-state index < -0.39 is 42.5 Å². The van der Waals surface area contributed by atoms with E-state index in [9.17, 15) is 27.6 Å². The SMILES string of the molecule is O=C(NCC(=O)C(F)(F)F)[C@H](Cc1ccccc1)NC(=O)[C@@H](Cc1ccccc1)Oc1cc(Cl)cc(Cl)c1. The lowest BCUT2D eigenvalue weighted by Gasteiger charge is -2.24. The molecule has 0 aliphatic rings. The second-order valence-electron chi connectivity index (χ2n) is 8.29. The monoisotopic (exact) mass is 566 g/mol. The quantitative estimate of drug-likeness (QED) is 0.343. The van der Waals surface area contributed by atoms with Crippen molar-refractivity contribution in [1.29, 1.82) is 0 Å². The lowest BCUT2D eigenvalue weighted by Crippen LogP contribution is -2.53. The summed E-state index contributed by atoms with van der Waals surface area (Å²) in [5, 5.41) is 5.09. The predicted octanol–water partition coefficient (Wildman–Crippen LogP) is 4.96. The molecule has 0 unspecified atom stereocenters. The molecule has 0 radical (unpaired) electrons. The van der Waals surface area contributed by atoms with Gasteiger partial charge in [-0.25, -0.2) is 0 Å². The van der Waals surface area contributed by atoms with Gasteiger partial charge in [0.15, 0.2) is 6.10 Å². The van der Waals surface area contributed by atoms with Gasteiger partial charge in [0.25, 0.3) is 11.7 Å². The predicted molar refractivity (Wildman–Crippen MR) is 137 cm³/mol. The standard InChI is InChI=1S/C27H23Cl2F3N2O4/c28-19-13-20(29)15-21(14-19)38-23(12-18-9-5-2-6-10-18)26(37)34-22(11-17-7-3-1-4-8-17)25(36)33-16-24(35)27(30,31)32/h1-10,13-15,22-23H,11-12,16H2,(H,33,36)(H,34,37)/t22-,23+/m0/s1. The summed E-state index contributed by atoms with van der Waals surface area (Å²) in [7, 11) is 0. The van der Waals surface area contributed by atoms with E-state index in [1.54, 1.807) is 60.7 Å². The first-order valence-electron chi connectivity index (χ1n) is 11.4. The molecule has 0 bridgehead atoms. The van der Waals surface area contributed by atoms with Gasteiger partial charge in [-0.05, 0) is 29.3 Å². The molecule has 2 atom stereocenters. The van der Waals surface area contributed by atoms with Gasteiger partial charge in [0, 0.05) is 22.9 Å². The van der Waals surface area contributed by atoms with Crippen LogP contribution in [-0.4, -0.2) is 42.5 Å². The third-order valence-electron chi connectivity index (χ3n) is 5.33. The van der Waals surface area contributed by atoms with Crippen LogP contribution in [0.3, 0.4) is 0 Å². The maximum atomic E-state index is 13.4. The van der Waals surface area contributed by atoms with Crippen LogP contribution in [0.4, 0.5) is 13.2 Å². The maximum absolute atomic E-state index is 13.4. The summed E-state index contributed by atoms with van der Waals surface area (Å²) in [6, 6.07) is 20.6. The first-order valence-corrected chi connectivity index (χ1v) is 12.2. The first kappa shape index (κ1) is 29.0. The van der Waals surface area contributed by atoms with Crippen LogP contribution in [0.1, 0.15) is 11.1 Å². The van der Waals surface area contributed by atoms with Crippen molar-refractivity contribution >= 4 is 40.8 Å². The fraction of sp³-hybridized carbons (Fsp3) is 0.222. The summed E-state index contributed by atoms with van der Waals surface area (Å²) in [6.45, 7) is -1.26. The number of rotatable bonds is 11. The molecule has 0 saturated carbocycles. The molecule has 2 amide bonds. The molecule has 2 N–H and O–H groups in total. The van der Waals surface area contributed by atoms with Gasteiger partial charge in [-0.1, -0.05) is 83.9 Å².